The number of hydrogen-bond acceptors (Lipinski definition) is 3. The molecule has 1 saturated heterocycles. The lowest BCUT2D eigenvalue weighted by Crippen LogP contribution is -2.52. The Balaban J connectivity index is 1.68. The first-order valence-corrected chi connectivity index (χ1v) is 7.87. The molecule has 0 amide bonds. The van der Waals surface area contributed by atoms with Gasteiger partial charge in [0, 0.05) is 17.6 Å². The maximum Gasteiger partial charge on any atom is 0.0611 e. The fraction of sp³-hybridized carbons (Fsp3) is 1.00. The van der Waals surface area contributed by atoms with E-state index >= 15 is 0 Å². The van der Waals surface area contributed by atoms with Crippen molar-refractivity contribution in [3.63, 3.8) is 0 Å². The molecule has 18 heavy (non-hydrogen) atoms. The molecule has 2 unspecified atom stereocenters. The van der Waals surface area contributed by atoms with E-state index in [0.717, 1.165) is 24.8 Å². The Labute approximate surface area is 111 Å². The second-order valence-corrected chi connectivity index (χ2v) is 6.91. The first-order valence-electron chi connectivity index (χ1n) is 7.87. The highest BCUT2D eigenvalue weighted by atomic mass is 16.3. The van der Waals surface area contributed by atoms with Gasteiger partial charge in [-0.05, 0) is 57.4 Å². The standard InChI is InChI=1S/C15H28N2O/c16-15(11-18)8-7-13(10-15)17-9-3-5-12-4-1-2-6-14(12)17/h12-14,18H,1-11,16H2/t12-,13?,14-,15?/m1/s1. The van der Waals surface area contributed by atoms with Crippen molar-refractivity contribution in [1.82, 2.24) is 4.90 Å². The van der Waals surface area contributed by atoms with Crippen LogP contribution in [-0.2, 0) is 0 Å². The molecule has 3 N–H and O–H groups in total. The van der Waals surface area contributed by atoms with Crippen LogP contribution in [0.1, 0.15) is 57.8 Å². The van der Waals surface area contributed by atoms with Crippen LogP contribution < -0.4 is 5.73 Å². The molecule has 0 aromatic heterocycles. The van der Waals surface area contributed by atoms with Crippen molar-refractivity contribution in [3.05, 3.63) is 0 Å². The summed E-state index contributed by atoms with van der Waals surface area (Å²) in [4.78, 5) is 2.78. The third-order valence-electron chi connectivity index (χ3n) is 5.69. The number of aliphatic hydroxyl groups excluding tert-OH is 1. The molecule has 2 saturated carbocycles. The Morgan fingerprint density at radius 3 is 2.67 bits per heavy atom. The molecule has 3 heteroatoms. The van der Waals surface area contributed by atoms with Crippen molar-refractivity contribution in [2.75, 3.05) is 13.2 Å². The first-order chi connectivity index (χ1) is 8.72. The van der Waals surface area contributed by atoms with Crippen LogP contribution in [0.5, 0.6) is 0 Å². The van der Waals surface area contributed by atoms with Crippen molar-refractivity contribution in [3.8, 4) is 0 Å². The normalized spacial score (nSPS) is 46.0. The van der Waals surface area contributed by atoms with E-state index in [9.17, 15) is 5.11 Å². The third kappa shape index (κ3) is 2.33. The zero-order chi connectivity index (χ0) is 12.6. The first kappa shape index (κ1) is 12.9. The van der Waals surface area contributed by atoms with Gasteiger partial charge in [0.1, 0.15) is 0 Å². The molecule has 0 bridgehead atoms. The summed E-state index contributed by atoms with van der Waals surface area (Å²) in [5.74, 6) is 0.953. The molecule has 4 atom stereocenters. The van der Waals surface area contributed by atoms with Crippen LogP contribution in [0.25, 0.3) is 0 Å². The minimum absolute atomic E-state index is 0.158. The average molecular weight is 252 g/mol. The van der Waals surface area contributed by atoms with Gasteiger partial charge >= 0.3 is 0 Å². The molecule has 0 aromatic carbocycles. The third-order valence-corrected chi connectivity index (χ3v) is 5.69. The SMILES string of the molecule is NC1(CO)CCC(N2CCC[C@H]3CCCC[C@H]32)C1. The highest BCUT2D eigenvalue weighted by Crippen LogP contribution is 2.40. The minimum Gasteiger partial charge on any atom is -0.394 e. The van der Waals surface area contributed by atoms with E-state index in [1.807, 2.05) is 0 Å². The molecule has 0 radical (unpaired) electrons. The summed E-state index contributed by atoms with van der Waals surface area (Å²) in [5, 5.41) is 9.43. The minimum atomic E-state index is -0.285. The van der Waals surface area contributed by atoms with Gasteiger partial charge in [0.15, 0.2) is 0 Å². The Bertz CT molecular complexity index is 294. The largest absolute Gasteiger partial charge is 0.394 e. The predicted octanol–water partition coefficient (Wildman–Crippen LogP) is 1.88. The van der Waals surface area contributed by atoms with Crippen LogP contribution in [0.2, 0.25) is 0 Å². The van der Waals surface area contributed by atoms with Gasteiger partial charge in [0.05, 0.1) is 6.61 Å². The van der Waals surface area contributed by atoms with Crippen molar-refractivity contribution in [2.24, 2.45) is 11.7 Å². The van der Waals surface area contributed by atoms with Gasteiger partial charge in [-0.3, -0.25) is 4.90 Å². The number of fused-ring (bicyclic) bond motifs is 1. The molecule has 3 nitrogen and oxygen atoms in total. The van der Waals surface area contributed by atoms with Gasteiger partial charge in [-0.1, -0.05) is 12.8 Å². The summed E-state index contributed by atoms with van der Waals surface area (Å²) in [6.07, 6.45) is 11.7. The second kappa shape index (κ2) is 5.10. The topological polar surface area (TPSA) is 49.5 Å². The maximum absolute atomic E-state index is 9.43. The van der Waals surface area contributed by atoms with Crippen LogP contribution in [0.4, 0.5) is 0 Å². The number of likely N-dealkylation sites (tertiary alicyclic amines) is 1. The van der Waals surface area contributed by atoms with Crippen molar-refractivity contribution >= 4 is 0 Å². The number of piperidine rings is 1. The number of hydrogen-bond donors (Lipinski definition) is 2. The lowest BCUT2D eigenvalue weighted by atomic mass is 9.77. The van der Waals surface area contributed by atoms with Crippen molar-refractivity contribution in [2.45, 2.75) is 75.4 Å². The van der Waals surface area contributed by atoms with Gasteiger partial charge < -0.3 is 10.8 Å². The summed E-state index contributed by atoms with van der Waals surface area (Å²) >= 11 is 0. The Hall–Kier alpha value is -0.120. The molecule has 104 valence electrons. The molecule has 0 aromatic rings. The Kier molecular flexibility index (Phi) is 3.65. The molecule has 1 heterocycles. The van der Waals surface area contributed by atoms with Crippen LogP contribution in [0.15, 0.2) is 0 Å². The smallest absolute Gasteiger partial charge is 0.0611 e. The van der Waals surface area contributed by atoms with E-state index in [4.69, 9.17) is 5.73 Å². The van der Waals surface area contributed by atoms with Crippen LogP contribution in [-0.4, -0.2) is 40.8 Å². The lowest BCUT2D eigenvalue weighted by Gasteiger charge is -2.47. The molecular weight excluding hydrogens is 224 g/mol. The van der Waals surface area contributed by atoms with E-state index < -0.39 is 0 Å². The number of nitrogens with zero attached hydrogens (tertiary/aromatic N) is 1. The lowest BCUT2D eigenvalue weighted by molar-refractivity contribution is 0.0245. The van der Waals surface area contributed by atoms with Crippen LogP contribution in [0.3, 0.4) is 0 Å². The monoisotopic (exact) mass is 252 g/mol. The summed E-state index contributed by atoms with van der Waals surface area (Å²) in [7, 11) is 0. The van der Waals surface area contributed by atoms with Gasteiger partial charge in [0.25, 0.3) is 0 Å². The maximum atomic E-state index is 9.43. The number of rotatable bonds is 2. The number of aliphatic hydroxyl groups is 1. The van der Waals surface area contributed by atoms with Gasteiger partial charge in [-0.25, -0.2) is 0 Å². The highest BCUT2D eigenvalue weighted by molar-refractivity contribution is 5.00. The van der Waals surface area contributed by atoms with E-state index in [1.54, 1.807) is 0 Å². The molecule has 3 aliphatic rings. The summed E-state index contributed by atoms with van der Waals surface area (Å²) in [6.45, 7) is 1.43. The zero-order valence-corrected chi connectivity index (χ0v) is 11.5. The fourth-order valence-corrected chi connectivity index (χ4v) is 4.67. The number of nitrogens with two attached hydrogens (primary N) is 1. The molecule has 1 aliphatic heterocycles. The quantitative estimate of drug-likeness (QED) is 0.789. The molecular formula is C15H28N2O. The van der Waals surface area contributed by atoms with E-state index in [1.165, 1.54) is 51.5 Å². The van der Waals surface area contributed by atoms with Gasteiger partial charge in [0.2, 0.25) is 0 Å². The molecule has 3 rings (SSSR count). The zero-order valence-electron chi connectivity index (χ0n) is 11.5. The Morgan fingerprint density at radius 2 is 1.89 bits per heavy atom. The molecule has 2 aliphatic carbocycles. The molecule has 3 fully saturated rings. The molecule has 0 spiro atoms. The second-order valence-electron chi connectivity index (χ2n) is 6.91. The summed E-state index contributed by atoms with van der Waals surface area (Å²) in [5.41, 5.74) is 5.96. The fourth-order valence-electron chi connectivity index (χ4n) is 4.67. The van der Waals surface area contributed by atoms with Crippen molar-refractivity contribution in [1.29, 1.82) is 0 Å². The van der Waals surface area contributed by atoms with E-state index in [-0.39, 0.29) is 12.1 Å². The van der Waals surface area contributed by atoms with E-state index in [2.05, 4.69) is 4.90 Å². The van der Waals surface area contributed by atoms with Gasteiger partial charge in [-0.15, -0.1) is 0 Å². The van der Waals surface area contributed by atoms with Crippen LogP contribution >= 0.6 is 0 Å². The summed E-state index contributed by atoms with van der Waals surface area (Å²) in [6, 6.07) is 1.48. The van der Waals surface area contributed by atoms with E-state index in [0.29, 0.717) is 6.04 Å². The average Bonchev–Trinajstić information content (AvgIpc) is 2.81. The van der Waals surface area contributed by atoms with Gasteiger partial charge in [-0.2, -0.15) is 0 Å². The highest BCUT2D eigenvalue weighted by Gasteiger charge is 2.42. The predicted molar refractivity (Wildman–Crippen MR) is 73.3 cm³/mol. The summed E-state index contributed by atoms with van der Waals surface area (Å²) < 4.78 is 0. The van der Waals surface area contributed by atoms with Crippen LogP contribution in [0, 0.1) is 5.92 Å². The van der Waals surface area contributed by atoms with Crippen molar-refractivity contribution < 1.29 is 5.11 Å². The Morgan fingerprint density at radius 1 is 1.11 bits per heavy atom.